The molecule has 0 aliphatic heterocycles. The van der Waals surface area contributed by atoms with Gasteiger partial charge in [-0.3, -0.25) is 4.68 Å². The highest BCUT2D eigenvalue weighted by molar-refractivity contribution is 7.13. The van der Waals surface area contributed by atoms with E-state index in [-0.39, 0.29) is 5.13 Å². The van der Waals surface area contributed by atoms with E-state index >= 15 is 0 Å². The molecule has 2 aromatic heterocycles. The molecule has 0 saturated heterocycles. The van der Waals surface area contributed by atoms with Crippen LogP contribution in [0.1, 0.15) is 26.0 Å². The molecule has 0 aromatic carbocycles. The van der Waals surface area contributed by atoms with Gasteiger partial charge in [0.2, 0.25) is 0 Å². The summed E-state index contributed by atoms with van der Waals surface area (Å²) in [4.78, 5) is 3.49. The molecule has 0 aliphatic carbocycles. The Morgan fingerprint density at radius 2 is 2.15 bits per heavy atom. The minimum absolute atomic E-state index is 0.187. The summed E-state index contributed by atoms with van der Waals surface area (Å²) in [5.41, 5.74) is -0.885. The highest BCUT2D eigenvalue weighted by Crippen LogP contribution is 2.32. The molecule has 20 heavy (non-hydrogen) atoms. The maximum Gasteiger partial charge on any atom is 0.434 e. The molecule has 0 radical (unpaired) electrons. The number of hydrogen-bond acceptors (Lipinski definition) is 4. The third-order valence-corrected chi connectivity index (χ3v) is 3.36. The van der Waals surface area contributed by atoms with Crippen LogP contribution in [0.25, 0.3) is 0 Å². The largest absolute Gasteiger partial charge is 0.434 e. The number of alkyl halides is 3. The second-order valence-corrected chi connectivity index (χ2v) is 5.67. The number of rotatable bonds is 5. The zero-order chi connectivity index (χ0) is 14.8. The van der Waals surface area contributed by atoms with E-state index in [1.807, 2.05) is 0 Å². The zero-order valence-electron chi connectivity index (χ0n) is 11.1. The Bertz CT molecular complexity index is 559. The minimum Gasteiger partial charge on any atom is -0.315 e. The van der Waals surface area contributed by atoms with E-state index in [0.717, 1.165) is 29.7 Å². The number of hydrogen-bond donors (Lipinski definition) is 1. The van der Waals surface area contributed by atoms with E-state index < -0.39 is 11.9 Å². The van der Waals surface area contributed by atoms with Gasteiger partial charge in [-0.25, -0.2) is 4.98 Å². The van der Waals surface area contributed by atoms with Crippen molar-refractivity contribution in [3.8, 4) is 0 Å². The van der Waals surface area contributed by atoms with Gasteiger partial charge < -0.3 is 5.32 Å². The van der Waals surface area contributed by atoms with E-state index in [4.69, 9.17) is 0 Å². The Kier molecular flexibility index (Phi) is 4.32. The number of anilines is 2. The predicted octanol–water partition coefficient (Wildman–Crippen LogP) is 4.15. The van der Waals surface area contributed by atoms with Crippen LogP contribution in [0.5, 0.6) is 0 Å². The van der Waals surface area contributed by atoms with E-state index in [9.17, 15) is 13.2 Å². The summed E-state index contributed by atoms with van der Waals surface area (Å²) in [6, 6.07) is 1.72. The summed E-state index contributed by atoms with van der Waals surface area (Å²) in [6.45, 7) is 5.03. The first-order valence-electron chi connectivity index (χ1n) is 6.18. The highest BCUT2D eigenvalue weighted by Gasteiger charge is 2.33. The lowest BCUT2D eigenvalue weighted by molar-refractivity contribution is -0.140. The van der Waals surface area contributed by atoms with Crippen LogP contribution >= 0.6 is 11.3 Å². The van der Waals surface area contributed by atoms with Crippen LogP contribution in [0.15, 0.2) is 17.6 Å². The van der Waals surface area contributed by atoms with Gasteiger partial charge in [0.1, 0.15) is 0 Å². The second-order valence-electron chi connectivity index (χ2n) is 4.81. The number of thiazole rings is 1. The first-order chi connectivity index (χ1) is 9.34. The summed E-state index contributed by atoms with van der Waals surface area (Å²) < 4.78 is 39.0. The molecule has 2 heterocycles. The monoisotopic (exact) mass is 304 g/mol. The molecule has 0 fully saturated rings. The van der Waals surface area contributed by atoms with E-state index in [2.05, 4.69) is 29.2 Å². The van der Waals surface area contributed by atoms with Crippen molar-refractivity contribution in [1.82, 2.24) is 14.8 Å². The average molecular weight is 304 g/mol. The van der Waals surface area contributed by atoms with E-state index in [1.165, 1.54) is 0 Å². The van der Waals surface area contributed by atoms with Crippen LogP contribution in [0.2, 0.25) is 0 Å². The molecule has 0 aliphatic rings. The predicted molar refractivity (Wildman–Crippen MR) is 72.1 cm³/mol. The normalized spacial score (nSPS) is 12.1. The van der Waals surface area contributed by atoms with Gasteiger partial charge in [-0.1, -0.05) is 13.8 Å². The summed E-state index contributed by atoms with van der Waals surface area (Å²) in [6.07, 6.45) is -1.62. The fraction of sp³-hybridized carbons (Fsp3) is 0.500. The fourth-order valence-corrected chi connectivity index (χ4v) is 2.24. The Balaban J connectivity index is 1.98. The standard InChI is InChI=1S/C12H15F3N4S/c1-8(2)3-5-19-6-4-10(18-19)17-11-16-9(7-20-11)12(13,14)15/h4,6-8H,3,5H2,1-2H3,(H,16,17,18). The Labute approximate surface area is 118 Å². The third-order valence-electron chi connectivity index (χ3n) is 2.61. The molecule has 110 valence electrons. The van der Waals surface area contributed by atoms with Crippen LogP contribution < -0.4 is 5.32 Å². The van der Waals surface area contributed by atoms with Gasteiger partial charge in [-0.15, -0.1) is 11.3 Å². The van der Waals surface area contributed by atoms with Crippen LogP contribution in [0.3, 0.4) is 0 Å². The Morgan fingerprint density at radius 3 is 2.75 bits per heavy atom. The van der Waals surface area contributed by atoms with Gasteiger partial charge in [0.05, 0.1) is 0 Å². The number of nitrogens with one attached hydrogen (secondary N) is 1. The number of aryl methyl sites for hydroxylation is 1. The van der Waals surface area contributed by atoms with Crippen LogP contribution in [-0.2, 0) is 12.7 Å². The SMILES string of the molecule is CC(C)CCn1ccc(Nc2nc(C(F)(F)F)cs2)n1. The van der Waals surface area contributed by atoms with Gasteiger partial charge in [-0.05, 0) is 12.3 Å². The second kappa shape index (κ2) is 5.82. The summed E-state index contributed by atoms with van der Waals surface area (Å²) in [5.74, 6) is 1.07. The molecule has 0 atom stereocenters. The third kappa shape index (κ3) is 3.96. The average Bonchev–Trinajstić information content (AvgIpc) is 2.95. The Morgan fingerprint density at radius 1 is 1.40 bits per heavy atom. The summed E-state index contributed by atoms with van der Waals surface area (Å²) >= 11 is 0.907. The van der Waals surface area contributed by atoms with Crippen molar-refractivity contribution in [2.45, 2.75) is 33.0 Å². The smallest absolute Gasteiger partial charge is 0.315 e. The van der Waals surface area contributed by atoms with Crippen molar-refractivity contribution in [3.05, 3.63) is 23.3 Å². The molecule has 0 bridgehead atoms. The molecule has 8 heteroatoms. The highest BCUT2D eigenvalue weighted by atomic mass is 32.1. The molecule has 0 saturated carbocycles. The molecule has 1 N–H and O–H groups in total. The molecule has 4 nitrogen and oxygen atoms in total. The lowest BCUT2D eigenvalue weighted by atomic mass is 10.1. The van der Waals surface area contributed by atoms with Crippen molar-refractivity contribution in [2.75, 3.05) is 5.32 Å². The molecular formula is C12H15F3N4S. The van der Waals surface area contributed by atoms with Gasteiger partial charge in [0.15, 0.2) is 16.6 Å². The Hall–Kier alpha value is -1.57. The van der Waals surface area contributed by atoms with Gasteiger partial charge in [-0.2, -0.15) is 18.3 Å². The zero-order valence-corrected chi connectivity index (χ0v) is 11.9. The van der Waals surface area contributed by atoms with Crippen molar-refractivity contribution < 1.29 is 13.2 Å². The minimum atomic E-state index is -4.41. The van der Waals surface area contributed by atoms with Gasteiger partial charge in [0.25, 0.3) is 0 Å². The van der Waals surface area contributed by atoms with Gasteiger partial charge in [0, 0.05) is 24.2 Å². The van der Waals surface area contributed by atoms with Gasteiger partial charge >= 0.3 is 6.18 Å². The lowest BCUT2D eigenvalue weighted by Gasteiger charge is -2.04. The van der Waals surface area contributed by atoms with Crippen LogP contribution in [0, 0.1) is 5.92 Å². The molecule has 0 spiro atoms. The molecule has 0 unspecified atom stereocenters. The summed E-state index contributed by atoms with van der Waals surface area (Å²) in [7, 11) is 0. The number of nitrogens with zero attached hydrogens (tertiary/aromatic N) is 3. The maximum atomic E-state index is 12.4. The first kappa shape index (κ1) is 14.8. The molecule has 2 rings (SSSR count). The van der Waals surface area contributed by atoms with Crippen molar-refractivity contribution in [2.24, 2.45) is 5.92 Å². The lowest BCUT2D eigenvalue weighted by Crippen LogP contribution is -2.05. The fourth-order valence-electron chi connectivity index (χ4n) is 1.51. The van der Waals surface area contributed by atoms with Crippen LogP contribution in [0.4, 0.5) is 24.1 Å². The van der Waals surface area contributed by atoms with Crippen molar-refractivity contribution in [3.63, 3.8) is 0 Å². The number of aromatic nitrogens is 3. The molecule has 2 aromatic rings. The van der Waals surface area contributed by atoms with Crippen LogP contribution in [-0.4, -0.2) is 14.8 Å². The maximum absolute atomic E-state index is 12.4. The summed E-state index contributed by atoms with van der Waals surface area (Å²) in [5, 5.41) is 8.19. The van der Waals surface area contributed by atoms with E-state index in [1.54, 1.807) is 16.9 Å². The molecular weight excluding hydrogens is 289 g/mol. The van der Waals surface area contributed by atoms with Crippen molar-refractivity contribution >= 4 is 22.3 Å². The topological polar surface area (TPSA) is 42.7 Å². The number of halogens is 3. The van der Waals surface area contributed by atoms with E-state index in [0.29, 0.717) is 11.7 Å². The first-order valence-corrected chi connectivity index (χ1v) is 7.06. The quantitative estimate of drug-likeness (QED) is 0.902. The van der Waals surface area contributed by atoms with Crippen molar-refractivity contribution in [1.29, 1.82) is 0 Å². The molecule has 0 amide bonds.